The van der Waals surface area contributed by atoms with E-state index in [9.17, 15) is 4.79 Å². The molecule has 0 radical (unpaired) electrons. The fourth-order valence-corrected chi connectivity index (χ4v) is 2.37. The maximum atomic E-state index is 12.4. The second-order valence-electron chi connectivity index (χ2n) is 5.91. The molecule has 0 saturated carbocycles. The summed E-state index contributed by atoms with van der Waals surface area (Å²) in [6, 6.07) is 14.3. The molecular weight excluding hydrogens is 304 g/mol. The van der Waals surface area contributed by atoms with E-state index in [0.29, 0.717) is 17.0 Å². The van der Waals surface area contributed by atoms with E-state index in [-0.39, 0.29) is 18.1 Å². The highest BCUT2D eigenvalue weighted by Gasteiger charge is 2.16. The van der Waals surface area contributed by atoms with E-state index < -0.39 is 0 Å². The van der Waals surface area contributed by atoms with E-state index in [0.717, 1.165) is 11.3 Å². The Labute approximate surface area is 140 Å². The molecule has 3 aromatic rings. The van der Waals surface area contributed by atoms with Gasteiger partial charge in [-0.1, -0.05) is 12.1 Å². The van der Waals surface area contributed by atoms with Gasteiger partial charge in [0.05, 0.1) is 6.10 Å². The van der Waals surface area contributed by atoms with Crippen LogP contribution in [0.2, 0.25) is 0 Å². The zero-order valence-electron chi connectivity index (χ0n) is 13.9. The molecule has 5 heteroatoms. The SMILES string of the molecule is CC(C)Oc1ccc(C(=O)NC(C)c2nc3ccccc3o2)cc1. The minimum absolute atomic E-state index is 0.101. The summed E-state index contributed by atoms with van der Waals surface area (Å²) in [7, 11) is 0. The first kappa shape index (κ1) is 16.1. The number of aromatic nitrogens is 1. The molecule has 0 spiro atoms. The second-order valence-corrected chi connectivity index (χ2v) is 5.91. The van der Waals surface area contributed by atoms with Crippen LogP contribution in [0.3, 0.4) is 0 Å². The molecule has 3 rings (SSSR count). The molecule has 2 aromatic carbocycles. The lowest BCUT2D eigenvalue weighted by Crippen LogP contribution is -2.26. The molecule has 0 saturated heterocycles. The predicted octanol–water partition coefficient (Wildman–Crippen LogP) is 4.11. The van der Waals surface area contributed by atoms with Gasteiger partial charge >= 0.3 is 0 Å². The number of rotatable bonds is 5. The highest BCUT2D eigenvalue weighted by Crippen LogP contribution is 2.20. The van der Waals surface area contributed by atoms with Crippen LogP contribution in [0, 0.1) is 0 Å². The van der Waals surface area contributed by atoms with E-state index in [1.54, 1.807) is 24.3 Å². The van der Waals surface area contributed by atoms with Crippen molar-refractivity contribution in [3.05, 3.63) is 60.0 Å². The molecule has 1 unspecified atom stereocenters. The van der Waals surface area contributed by atoms with Gasteiger partial charge < -0.3 is 14.5 Å². The van der Waals surface area contributed by atoms with Gasteiger partial charge in [0.15, 0.2) is 5.58 Å². The van der Waals surface area contributed by atoms with E-state index in [4.69, 9.17) is 9.15 Å². The van der Waals surface area contributed by atoms with E-state index in [1.165, 1.54) is 0 Å². The maximum absolute atomic E-state index is 12.4. The molecule has 24 heavy (non-hydrogen) atoms. The Morgan fingerprint density at radius 1 is 1.08 bits per heavy atom. The Balaban J connectivity index is 1.69. The van der Waals surface area contributed by atoms with E-state index in [2.05, 4.69) is 10.3 Å². The highest BCUT2D eigenvalue weighted by atomic mass is 16.5. The number of hydrogen-bond donors (Lipinski definition) is 1. The summed E-state index contributed by atoms with van der Waals surface area (Å²) in [5.74, 6) is 1.05. The number of hydrogen-bond acceptors (Lipinski definition) is 4. The number of carbonyl (C=O) groups is 1. The third-order valence-corrected chi connectivity index (χ3v) is 3.52. The Morgan fingerprint density at radius 3 is 2.46 bits per heavy atom. The summed E-state index contributed by atoms with van der Waals surface area (Å²) in [5.41, 5.74) is 2.06. The lowest BCUT2D eigenvalue weighted by Gasteiger charge is -2.12. The van der Waals surface area contributed by atoms with Gasteiger partial charge in [-0.3, -0.25) is 4.79 Å². The van der Waals surface area contributed by atoms with Crippen LogP contribution >= 0.6 is 0 Å². The largest absolute Gasteiger partial charge is 0.491 e. The van der Waals surface area contributed by atoms with Gasteiger partial charge in [-0.25, -0.2) is 4.98 Å². The third kappa shape index (κ3) is 3.56. The number of ether oxygens (including phenoxy) is 1. The van der Waals surface area contributed by atoms with Crippen molar-refractivity contribution >= 4 is 17.0 Å². The fourth-order valence-electron chi connectivity index (χ4n) is 2.37. The smallest absolute Gasteiger partial charge is 0.251 e. The van der Waals surface area contributed by atoms with Crippen molar-refractivity contribution in [1.29, 1.82) is 0 Å². The van der Waals surface area contributed by atoms with Crippen molar-refractivity contribution in [2.45, 2.75) is 32.9 Å². The first-order chi connectivity index (χ1) is 11.5. The summed E-state index contributed by atoms with van der Waals surface area (Å²) >= 11 is 0. The number of para-hydroxylation sites is 2. The van der Waals surface area contributed by atoms with Crippen LogP contribution in [0.4, 0.5) is 0 Å². The van der Waals surface area contributed by atoms with Gasteiger partial charge in [-0.05, 0) is 57.2 Å². The number of carbonyl (C=O) groups excluding carboxylic acids is 1. The predicted molar refractivity (Wildman–Crippen MR) is 92.1 cm³/mol. The Kier molecular flexibility index (Phi) is 4.51. The van der Waals surface area contributed by atoms with Crippen LogP contribution in [0.25, 0.3) is 11.1 Å². The molecule has 0 fully saturated rings. The van der Waals surface area contributed by atoms with Crippen molar-refractivity contribution in [1.82, 2.24) is 10.3 Å². The molecule has 1 amide bonds. The van der Waals surface area contributed by atoms with Gasteiger partial charge in [-0.15, -0.1) is 0 Å². The zero-order chi connectivity index (χ0) is 17.1. The van der Waals surface area contributed by atoms with Crippen LogP contribution in [-0.2, 0) is 0 Å². The first-order valence-corrected chi connectivity index (χ1v) is 7.96. The van der Waals surface area contributed by atoms with Crippen molar-refractivity contribution in [3.8, 4) is 5.75 Å². The van der Waals surface area contributed by atoms with Crippen LogP contribution in [0.15, 0.2) is 52.9 Å². The maximum Gasteiger partial charge on any atom is 0.251 e. The quantitative estimate of drug-likeness (QED) is 0.767. The van der Waals surface area contributed by atoms with Crippen LogP contribution < -0.4 is 10.1 Å². The number of oxazole rings is 1. The molecular formula is C19H20N2O3. The van der Waals surface area contributed by atoms with Crippen LogP contribution in [-0.4, -0.2) is 17.0 Å². The number of amides is 1. The van der Waals surface area contributed by atoms with Crippen molar-refractivity contribution in [2.75, 3.05) is 0 Å². The number of nitrogens with one attached hydrogen (secondary N) is 1. The summed E-state index contributed by atoms with van der Waals surface area (Å²) in [6.45, 7) is 5.77. The lowest BCUT2D eigenvalue weighted by molar-refractivity contribution is 0.0934. The average molecular weight is 324 g/mol. The van der Waals surface area contributed by atoms with Gasteiger partial charge in [0.25, 0.3) is 5.91 Å². The first-order valence-electron chi connectivity index (χ1n) is 7.96. The Bertz CT molecular complexity index is 804. The summed E-state index contributed by atoms with van der Waals surface area (Å²) < 4.78 is 11.3. The second kappa shape index (κ2) is 6.74. The molecule has 1 atom stereocenters. The average Bonchev–Trinajstić information content (AvgIpc) is 2.99. The van der Waals surface area contributed by atoms with E-state index in [1.807, 2.05) is 45.0 Å². The number of fused-ring (bicyclic) bond motifs is 1. The summed E-state index contributed by atoms with van der Waals surface area (Å²) in [6.07, 6.45) is 0.101. The molecule has 0 aliphatic heterocycles. The molecule has 0 aliphatic carbocycles. The van der Waals surface area contributed by atoms with Crippen molar-refractivity contribution in [3.63, 3.8) is 0 Å². The Hall–Kier alpha value is -2.82. The molecule has 5 nitrogen and oxygen atoms in total. The fraction of sp³-hybridized carbons (Fsp3) is 0.263. The van der Waals surface area contributed by atoms with Crippen molar-refractivity contribution in [2.24, 2.45) is 0 Å². The van der Waals surface area contributed by atoms with Gasteiger partial charge in [0, 0.05) is 5.56 Å². The summed E-state index contributed by atoms with van der Waals surface area (Å²) in [5, 5.41) is 2.90. The topological polar surface area (TPSA) is 64.4 Å². The van der Waals surface area contributed by atoms with Gasteiger partial charge in [0.1, 0.15) is 17.3 Å². The lowest BCUT2D eigenvalue weighted by atomic mass is 10.2. The number of benzene rings is 2. The molecule has 124 valence electrons. The minimum Gasteiger partial charge on any atom is -0.491 e. The number of nitrogens with zero attached hydrogens (tertiary/aromatic N) is 1. The minimum atomic E-state index is -0.323. The normalized spacial score (nSPS) is 12.3. The van der Waals surface area contributed by atoms with Gasteiger partial charge in [-0.2, -0.15) is 0 Å². The standard InChI is InChI=1S/C19H20N2O3/c1-12(2)23-15-10-8-14(9-11-15)18(22)20-13(3)19-21-16-6-4-5-7-17(16)24-19/h4-13H,1-3H3,(H,20,22). The highest BCUT2D eigenvalue weighted by molar-refractivity contribution is 5.94. The third-order valence-electron chi connectivity index (χ3n) is 3.52. The molecule has 0 aliphatic rings. The summed E-state index contributed by atoms with van der Waals surface area (Å²) in [4.78, 5) is 16.8. The Morgan fingerprint density at radius 2 is 1.79 bits per heavy atom. The molecule has 1 aromatic heterocycles. The van der Waals surface area contributed by atoms with Crippen LogP contribution in [0.5, 0.6) is 5.75 Å². The zero-order valence-corrected chi connectivity index (χ0v) is 13.9. The molecule has 0 bridgehead atoms. The van der Waals surface area contributed by atoms with Crippen LogP contribution in [0.1, 0.15) is 43.1 Å². The van der Waals surface area contributed by atoms with Gasteiger partial charge in [0.2, 0.25) is 5.89 Å². The molecule has 1 N–H and O–H groups in total. The van der Waals surface area contributed by atoms with E-state index >= 15 is 0 Å². The van der Waals surface area contributed by atoms with Crippen molar-refractivity contribution < 1.29 is 13.9 Å². The monoisotopic (exact) mass is 324 g/mol. The molecule has 1 heterocycles.